The highest BCUT2D eigenvalue weighted by molar-refractivity contribution is 7.98. The number of hydrogen-bond donors (Lipinski definition) is 2. The third-order valence-electron chi connectivity index (χ3n) is 3.50. The molecular formula is C17H24ClN3OS2. The number of amides is 1. The Kier molecular flexibility index (Phi) is 9.36. The zero-order valence-electron chi connectivity index (χ0n) is 14.0. The molecule has 0 radical (unpaired) electrons. The lowest BCUT2D eigenvalue weighted by Crippen LogP contribution is -2.41. The standard InChI is InChI=1S/C17H23N3OS2.ClH/c1-12-16(13-6-4-3-5-7-13)20-15(23-12)8-10-19-17(21)14(18)9-11-22-2;/h3-7,14H,8-11,18H2,1-2H3,(H,19,21);1H/t14-;/m0./s1. The number of halogens is 1. The van der Waals surface area contributed by atoms with E-state index < -0.39 is 6.04 Å². The van der Waals surface area contributed by atoms with Crippen LogP contribution >= 0.6 is 35.5 Å². The van der Waals surface area contributed by atoms with Gasteiger partial charge in [-0.2, -0.15) is 11.8 Å². The Balaban J connectivity index is 0.00000288. The molecule has 0 aliphatic rings. The summed E-state index contributed by atoms with van der Waals surface area (Å²) in [5.74, 6) is 0.830. The lowest BCUT2D eigenvalue weighted by molar-refractivity contribution is -0.122. The van der Waals surface area contributed by atoms with Gasteiger partial charge in [0.25, 0.3) is 0 Å². The first-order chi connectivity index (χ1) is 11.1. The van der Waals surface area contributed by atoms with Crippen LogP contribution in [0.1, 0.15) is 16.3 Å². The highest BCUT2D eigenvalue weighted by Crippen LogP contribution is 2.27. The number of thioether (sulfide) groups is 1. The fraction of sp³-hybridized carbons (Fsp3) is 0.412. The SMILES string of the molecule is CSCC[C@H](N)C(=O)NCCc1nc(-c2ccccc2)c(C)s1.Cl. The van der Waals surface area contributed by atoms with E-state index in [1.165, 1.54) is 4.88 Å². The molecule has 0 bridgehead atoms. The zero-order valence-corrected chi connectivity index (χ0v) is 16.4. The summed E-state index contributed by atoms with van der Waals surface area (Å²) >= 11 is 3.39. The van der Waals surface area contributed by atoms with Crippen molar-refractivity contribution in [1.29, 1.82) is 0 Å². The molecule has 2 aromatic rings. The van der Waals surface area contributed by atoms with Crippen LogP contribution in [0.15, 0.2) is 30.3 Å². The minimum atomic E-state index is -0.416. The molecular weight excluding hydrogens is 362 g/mol. The number of rotatable bonds is 8. The van der Waals surface area contributed by atoms with Gasteiger partial charge < -0.3 is 11.1 Å². The Bertz CT molecular complexity index is 634. The van der Waals surface area contributed by atoms with Gasteiger partial charge in [0.1, 0.15) is 0 Å². The average molecular weight is 386 g/mol. The normalized spacial score (nSPS) is 11.6. The lowest BCUT2D eigenvalue weighted by atomic mass is 10.1. The van der Waals surface area contributed by atoms with E-state index in [0.29, 0.717) is 13.0 Å². The van der Waals surface area contributed by atoms with Crippen LogP contribution in [0.4, 0.5) is 0 Å². The fourth-order valence-corrected chi connectivity index (χ4v) is 3.67. The molecule has 7 heteroatoms. The lowest BCUT2D eigenvalue weighted by Gasteiger charge is -2.10. The van der Waals surface area contributed by atoms with Crippen LogP contribution in [0.3, 0.4) is 0 Å². The molecule has 132 valence electrons. The van der Waals surface area contributed by atoms with E-state index in [-0.39, 0.29) is 18.3 Å². The van der Waals surface area contributed by atoms with Crippen molar-refractivity contribution in [2.45, 2.75) is 25.8 Å². The molecule has 0 saturated carbocycles. The highest BCUT2D eigenvalue weighted by Gasteiger charge is 2.13. The van der Waals surface area contributed by atoms with Gasteiger partial charge in [0.2, 0.25) is 5.91 Å². The number of hydrogen-bond acceptors (Lipinski definition) is 5. The molecule has 0 fully saturated rings. The van der Waals surface area contributed by atoms with Gasteiger partial charge in [-0.05, 0) is 25.4 Å². The highest BCUT2D eigenvalue weighted by atomic mass is 35.5. The van der Waals surface area contributed by atoms with Gasteiger partial charge >= 0.3 is 0 Å². The van der Waals surface area contributed by atoms with Gasteiger partial charge in [-0.25, -0.2) is 4.98 Å². The average Bonchev–Trinajstić information content (AvgIpc) is 2.94. The Morgan fingerprint density at radius 3 is 2.75 bits per heavy atom. The molecule has 3 N–H and O–H groups in total. The largest absolute Gasteiger partial charge is 0.354 e. The van der Waals surface area contributed by atoms with Gasteiger partial charge in [0.15, 0.2) is 0 Å². The predicted octanol–water partition coefficient (Wildman–Crippen LogP) is 3.28. The molecule has 2 rings (SSSR count). The molecule has 1 heterocycles. The topological polar surface area (TPSA) is 68.0 Å². The number of aromatic nitrogens is 1. The first-order valence-corrected chi connectivity index (χ1v) is 9.86. The smallest absolute Gasteiger partial charge is 0.236 e. The van der Waals surface area contributed by atoms with Crippen molar-refractivity contribution >= 4 is 41.4 Å². The van der Waals surface area contributed by atoms with Crippen molar-refractivity contribution in [2.24, 2.45) is 5.73 Å². The van der Waals surface area contributed by atoms with Crippen molar-refractivity contribution in [3.63, 3.8) is 0 Å². The molecule has 0 spiro atoms. The number of benzene rings is 1. The van der Waals surface area contributed by atoms with E-state index in [9.17, 15) is 4.79 Å². The first-order valence-electron chi connectivity index (χ1n) is 7.65. The number of thiazole rings is 1. The van der Waals surface area contributed by atoms with E-state index >= 15 is 0 Å². The molecule has 0 saturated heterocycles. The van der Waals surface area contributed by atoms with Crippen LogP contribution in [0, 0.1) is 6.92 Å². The van der Waals surface area contributed by atoms with Crippen LogP contribution in [0.5, 0.6) is 0 Å². The van der Waals surface area contributed by atoms with Crippen LogP contribution in [-0.4, -0.2) is 35.5 Å². The molecule has 1 aromatic heterocycles. The van der Waals surface area contributed by atoms with Crippen molar-refractivity contribution in [2.75, 3.05) is 18.6 Å². The molecule has 4 nitrogen and oxygen atoms in total. The minimum Gasteiger partial charge on any atom is -0.354 e. The Labute approximate surface area is 158 Å². The summed E-state index contributed by atoms with van der Waals surface area (Å²) in [6.45, 7) is 2.66. The number of nitrogens with two attached hydrogens (primary N) is 1. The summed E-state index contributed by atoms with van der Waals surface area (Å²) in [4.78, 5) is 17.8. The van der Waals surface area contributed by atoms with E-state index in [2.05, 4.69) is 24.4 Å². The summed E-state index contributed by atoms with van der Waals surface area (Å²) in [6, 6.07) is 9.76. The summed E-state index contributed by atoms with van der Waals surface area (Å²) in [6.07, 6.45) is 3.46. The third kappa shape index (κ3) is 6.09. The number of carbonyl (C=O) groups is 1. The summed E-state index contributed by atoms with van der Waals surface area (Å²) in [5.41, 5.74) is 8.02. The molecule has 24 heavy (non-hydrogen) atoms. The number of aryl methyl sites for hydroxylation is 1. The van der Waals surface area contributed by atoms with Crippen LogP contribution in [0.2, 0.25) is 0 Å². The quantitative estimate of drug-likeness (QED) is 0.731. The number of nitrogens with zero attached hydrogens (tertiary/aromatic N) is 1. The molecule has 1 atom stereocenters. The van der Waals surface area contributed by atoms with Gasteiger partial charge in [-0.3, -0.25) is 4.79 Å². The maximum absolute atomic E-state index is 11.9. The Morgan fingerprint density at radius 1 is 1.38 bits per heavy atom. The van der Waals surface area contributed by atoms with Gasteiger partial charge in [-0.1, -0.05) is 30.3 Å². The summed E-state index contributed by atoms with van der Waals surface area (Å²) in [7, 11) is 0. The second-order valence-corrected chi connectivity index (χ2v) is 7.58. The fourth-order valence-electron chi connectivity index (χ4n) is 2.22. The maximum Gasteiger partial charge on any atom is 0.236 e. The van der Waals surface area contributed by atoms with E-state index in [1.54, 1.807) is 23.1 Å². The summed E-state index contributed by atoms with van der Waals surface area (Å²) < 4.78 is 0. The van der Waals surface area contributed by atoms with Crippen LogP contribution < -0.4 is 11.1 Å². The summed E-state index contributed by atoms with van der Waals surface area (Å²) in [5, 5.41) is 3.94. The van der Waals surface area contributed by atoms with Gasteiger partial charge in [-0.15, -0.1) is 23.7 Å². The number of nitrogens with one attached hydrogen (secondary N) is 1. The van der Waals surface area contributed by atoms with Gasteiger partial charge in [0, 0.05) is 23.4 Å². The maximum atomic E-state index is 11.9. The van der Waals surface area contributed by atoms with E-state index in [4.69, 9.17) is 10.7 Å². The minimum absolute atomic E-state index is 0. The van der Waals surface area contributed by atoms with E-state index in [0.717, 1.165) is 28.4 Å². The zero-order chi connectivity index (χ0) is 16.7. The molecule has 0 aliphatic carbocycles. The molecule has 1 aromatic carbocycles. The number of carbonyl (C=O) groups excluding carboxylic acids is 1. The molecule has 1 amide bonds. The predicted molar refractivity (Wildman–Crippen MR) is 107 cm³/mol. The Morgan fingerprint density at radius 2 is 2.08 bits per heavy atom. The molecule has 0 unspecified atom stereocenters. The van der Waals surface area contributed by atoms with E-state index in [1.807, 2.05) is 24.5 Å². The van der Waals surface area contributed by atoms with Crippen molar-refractivity contribution < 1.29 is 4.79 Å². The van der Waals surface area contributed by atoms with Gasteiger partial charge in [0.05, 0.1) is 16.7 Å². The van der Waals surface area contributed by atoms with Crippen molar-refractivity contribution in [3.8, 4) is 11.3 Å². The van der Waals surface area contributed by atoms with Crippen LogP contribution in [0.25, 0.3) is 11.3 Å². The van der Waals surface area contributed by atoms with Crippen molar-refractivity contribution in [1.82, 2.24) is 10.3 Å². The van der Waals surface area contributed by atoms with Crippen LogP contribution in [-0.2, 0) is 11.2 Å². The molecule has 0 aliphatic heterocycles. The van der Waals surface area contributed by atoms with Crippen molar-refractivity contribution in [3.05, 3.63) is 40.2 Å². The second-order valence-electron chi connectivity index (χ2n) is 5.31. The monoisotopic (exact) mass is 385 g/mol. The second kappa shape index (κ2) is 10.7. The first kappa shape index (κ1) is 21.0. The Hall–Kier alpha value is -1.08. The third-order valence-corrected chi connectivity index (χ3v) is 5.17.